The summed E-state index contributed by atoms with van der Waals surface area (Å²) in [5.74, 6) is 0.757. The van der Waals surface area contributed by atoms with Crippen molar-refractivity contribution < 1.29 is 4.74 Å². The van der Waals surface area contributed by atoms with Gasteiger partial charge in [0.2, 0.25) is 0 Å². The number of hydrogen-bond acceptors (Lipinski definition) is 4. The fourth-order valence-corrected chi connectivity index (χ4v) is 2.89. The van der Waals surface area contributed by atoms with E-state index in [9.17, 15) is 5.26 Å². The van der Waals surface area contributed by atoms with Crippen LogP contribution in [0.2, 0.25) is 0 Å². The zero-order chi connectivity index (χ0) is 13.3. The van der Waals surface area contributed by atoms with Crippen molar-refractivity contribution in [3.8, 4) is 6.07 Å². The van der Waals surface area contributed by atoms with Crippen LogP contribution in [0.1, 0.15) is 43.0 Å². The highest BCUT2D eigenvalue weighted by Gasteiger charge is 2.29. The van der Waals surface area contributed by atoms with Crippen molar-refractivity contribution in [2.75, 3.05) is 18.5 Å². The van der Waals surface area contributed by atoms with Gasteiger partial charge in [-0.15, -0.1) is 0 Å². The number of rotatable bonds is 2. The molecule has 0 unspecified atom stereocenters. The van der Waals surface area contributed by atoms with E-state index < -0.39 is 0 Å². The maximum atomic E-state index is 9.31. The number of nitrogens with zero attached hydrogens (tertiary/aromatic N) is 2. The third kappa shape index (κ3) is 2.43. The number of ether oxygens (including phenoxy) is 1. The first kappa shape index (κ1) is 12.4. The Kier molecular flexibility index (Phi) is 3.16. The normalized spacial score (nSPS) is 20.6. The molecule has 0 atom stereocenters. The highest BCUT2D eigenvalue weighted by Crippen LogP contribution is 2.29. The van der Waals surface area contributed by atoms with E-state index in [-0.39, 0.29) is 5.54 Å². The lowest BCUT2D eigenvalue weighted by Gasteiger charge is -2.35. The maximum absolute atomic E-state index is 9.31. The Bertz CT molecular complexity index is 527. The summed E-state index contributed by atoms with van der Waals surface area (Å²) in [7, 11) is 0. The van der Waals surface area contributed by atoms with E-state index >= 15 is 0 Å². The molecular formula is C15H19N3O. The van der Waals surface area contributed by atoms with Gasteiger partial charge in [-0.2, -0.15) is 5.26 Å². The van der Waals surface area contributed by atoms with Crippen LogP contribution < -0.4 is 5.32 Å². The lowest BCUT2D eigenvalue weighted by Crippen LogP contribution is -2.41. The van der Waals surface area contributed by atoms with Crippen LogP contribution in [0, 0.1) is 11.3 Å². The first-order valence-corrected chi connectivity index (χ1v) is 6.99. The smallest absolute Gasteiger partial charge is 0.144 e. The van der Waals surface area contributed by atoms with E-state index in [1.807, 2.05) is 6.07 Å². The van der Waals surface area contributed by atoms with Gasteiger partial charge in [0, 0.05) is 24.4 Å². The van der Waals surface area contributed by atoms with Gasteiger partial charge in [0.1, 0.15) is 11.9 Å². The number of nitriles is 1. The molecule has 1 fully saturated rings. The largest absolute Gasteiger partial charge is 0.381 e. The summed E-state index contributed by atoms with van der Waals surface area (Å²) >= 11 is 0. The van der Waals surface area contributed by atoms with Crippen LogP contribution in [0.5, 0.6) is 0 Å². The molecule has 1 aliphatic carbocycles. The van der Waals surface area contributed by atoms with Gasteiger partial charge in [0.15, 0.2) is 0 Å². The van der Waals surface area contributed by atoms with Gasteiger partial charge < -0.3 is 10.1 Å². The Balaban J connectivity index is 1.90. The second-order valence-corrected chi connectivity index (χ2v) is 5.75. The molecule has 100 valence electrons. The van der Waals surface area contributed by atoms with Crippen LogP contribution in [0.15, 0.2) is 6.07 Å². The SMILES string of the molecule is CC1(Nc2nc3c(cc2C#N)CCC3)CCOCC1. The summed E-state index contributed by atoms with van der Waals surface area (Å²) in [6.45, 7) is 3.73. The highest BCUT2D eigenvalue weighted by atomic mass is 16.5. The van der Waals surface area contributed by atoms with Crippen molar-refractivity contribution in [3.05, 3.63) is 22.9 Å². The summed E-state index contributed by atoms with van der Waals surface area (Å²) in [4.78, 5) is 4.69. The second kappa shape index (κ2) is 4.82. The van der Waals surface area contributed by atoms with Crippen LogP contribution in [-0.4, -0.2) is 23.7 Å². The fraction of sp³-hybridized carbons (Fsp3) is 0.600. The van der Waals surface area contributed by atoms with Gasteiger partial charge in [-0.05, 0) is 50.7 Å². The van der Waals surface area contributed by atoms with Gasteiger partial charge in [-0.3, -0.25) is 0 Å². The zero-order valence-corrected chi connectivity index (χ0v) is 11.3. The summed E-state index contributed by atoms with van der Waals surface area (Å²) in [5.41, 5.74) is 3.08. The Morgan fingerprint density at radius 1 is 1.37 bits per heavy atom. The van der Waals surface area contributed by atoms with E-state index in [2.05, 4.69) is 23.3 Å². The Hall–Kier alpha value is -1.60. The lowest BCUT2D eigenvalue weighted by molar-refractivity contribution is 0.0657. The minimum absolute atomic E-state index is 0.0102. The quantitative estimate of drug-likeness (QED) is 0.884. The van der Waals surface area contributed by atoms with Crippen molar-refractivity contribution in [2.24, 2.45) is 0 Å². The predicted octanol–water partition coefficient (Wildman–Crippen LogP) is 2.42. The van der Waals surface area contributed by atoms with Gasteiger partial charge >= 0.3 is 0 Å². The van der Waals surface area contributed by atoms with E-state index in [1.165, 1.54) is 5.56 Å². The monoisotopic (exact) mass is 257 g/mol. The molecule has 1 aromatic heterocycles. The van der Waals surface area contributed by atoms with Crippen molar-refractivity contribution in [1.29, 1.82) is 5.26 Å². The molecule has 3 rings (SSSR count). The predicted molar refractivity (Wildman–Crippen MR) is 73.1 cm³/mol. The highest BCUT2D eigenvalue weighted by molar-refractivity contribution is 5.56. The van der Waals surface area contributed by atoms with Crippen molar-refractivity contribution in [1.82, 2.24) is 4.98 Å². The number of aromatic nitrogens is 1. The summed E-state index contributed by atoms with van der Waals surface area (Å²) in [5, 5.41) is 12.8. The van der Waals surface area contributed by atoms with Crippen LogP contribution in [0.25, 0.3) is 0 Å². The fourth-order valence-electron chi connectivity index (χ4n) is 2.89. The van der Waals surface area contributed by atoms with Crippen LogP contribution >= 0.6 is 0 Å². The molecule has 2 heterocycles. The molecule has 4 nitrogen and oxygen atoms in total. The molecule has 4 heteroatoms. The first-order chi connectivity index (χ1) is 9.20. The van der Waals surface area contributed by atoms with Gasteiger partial charge in [0.25, 0.3) is 0 Å². The molecule has 0 bridgehead atoms. The lowest BCUT2D eigenvalue weighted by atomic mass is 9.92. The van der Waals surface area contributed by atoms with Crippen molar-refractivity contribution >= 4 is 5.82 Å². The number of pyridine rings is 1. The van der Waals surface area contributed by atoms with Crippen LogP contribution in [0.4, 0.5) is 5.82 Å². The summed E-state index contributed by atoms with van der Waals surface area (Å²) < 4.78 is 5.41. The third-order valence-electron chi connectivity index (χ3n) is 4.19. The molecule has 0 aromatic carbocycles. The molecule has 0 radical (unpaired) electrons. The first-order valence-electron chi connectivity index (χ1n) is 6.99. The molecule has 0 amide bonds. The molecule has 1 N–H and O–H groups in total. The number of nitrogens with one attached hydrogen (secondary N) is 1. The van der Waals surface area contributed by atoms with Gasteiger partial charge in [0.05, 0.1) is 5.56 Å². The van der Waals surface area contributed by atoms with E-state index in [1.54, 1.807) is 0 Å². The molecule has 1 aromatic rings. The van der Waals surface area contributed by atoms with Crippen LogP contribution in [-0.2, 0) is 17.6 Å². The third-order valence-corrected chi connectivity index (χ3v) is 4.19. The number of aryl methyl sites for hydroxylation is 2. The topological polar surface area (TPSA) is 57.9 Å². The molecular weight excluding hydrogens is 238 g/mol. The van der Waals surface area contributed by atoms with Crippen LogP contribution in [0.3, 0.4) is 0 Å². The van der Waals surface area contributed by atoms with Gasteiger partial charge in [-0.1, -0.05) is 0 Å². The number of fused-ring (bicyclic) bond motifs is 1. The van der Waals surface area contributed by atoms with Crippen molar-refractivity contribution in [3.63, 3.8) is 0 Å². The van der Waals surface area contributed by atoms with E-state index in [0.717, 1.165) is 56.8 Å². The Morgan fingerprint density at radius 2 is 2.16 bits per heavy atom. The van der Waals surface area contributed by atoms with E-state index in [0.29, 0.717) is 5.56 Å². The molecule has 0 saturated carbocycles. The number of anilines is 1. The molecule has 2 aliphatic rings. The molecule has 1 saturated heterocycles. The molecule has 19 heavy (non-hydrogen) atoms. The average molecular weight is 257 g/mol. The minimum atomic E-state index is -0.0102. The van der Waals surface area contributed by atoms with Crippen molar-refractivity contribution in [2.45, 2.75) is 44.6 Å². The number of hydrogen-bond donors (Lipinski definition) is 1. The Labute approximate surface area is 113 Å². The average Bonchev–Trinajstić information content (AvgIpc) is 2.85. The second-order valence-electron chi connectivity index (χ2n) is 5.75. The molecule has 0 spiro atoms. The summed E-state index contributed by atoms with van der Waals surface area (Å²) in [6.07, 6.45) is 5.16. The van der Waals surface area contributed by atoms with E-state index in [4.69, 9.17) is 4.74 Å². The summed E-state index contributed by atoms with van der Waals surface area (Å²) in [6, 6.07) is 4.29. The Morgan fingerprint density at radius 3 is 2.89 bits per heavy atom. The maximum Gasteiger partial charge on any atom is 0.144 e. The minimum Gasteiger partial charge on any atom is -0.381 e. The zero-order valence-electron chi connectivity index (χ0n) is 11.3. The standard InChI is InChI=1S/C15H19N3O/c1-15(5-7-19-8-6-15)18-14-12(10-16)9-11-3-2-4-13(11)17-14/h9H,2-8H2,1H3,(H,17,18). The molecule has 1 aliphatic heterocycles. The van der Waals surface area contributed by atoms with Gasteiger partial charge in [-0.25, -0.2) is 4.98 Å².